The third kappa shape index (κ3) is 5.10. The van der Waals surface area contributed by atoms with Crippen LogP contribution < -0.4 is 4.90 Å². The summed E-state index contributed by atoms with van der Waals surface area (Å²) in [6, 6.07) is 67.4. The first-order chi connectivity index (χ1) is 25.3. The van der Waals surface area contributed by atoms with E-state index in [0.29, 0.717) is 0 Å². The molecule has 240 valence electrons. The molecule has 51 heavy (non-hydrogen) atoms. The molecule has 0 fully saturated rings. The average Bonchev–Trinajstić information content (AvgIpc) is 3.78. The molecule has 0 spiro atoms. The fourth-order valence-electron chi connectivity index (χ4n) is 7.49. The molecule has 2 heterocycles. The summed E-state index contributed by atoms with van der Waals surface area (Å²) in [6.07, 6.45) is 0. The second kappa shape index (κ2) is 12.2. The van der Waals surface area contributed by atoms with E-state index in [4.69, 9.17) is 4.42 Å². The summed E-state index contributed by atoms with van der Waals surface area (Å²) in [6.45, 7) is 0. The van der Waals surface area contributed by atoms with Crippen LogP contribution in [0.2, 0.25) is 0 Å². The third-order valence-corrected chi connectivity index (χ3v) is 11.0. The predicted molar refractivity (Wildman–Crippen MR) is 218 cm³/mol. The van der Waals surface area contributed by atoms with Crippen LogP contribution >= 0.6 is 11.3 Å². The Bertz CT molecular complexity index is 2850. The molecule has 8 aromatic carbocycles. The quantitative estimate of drug-likeness (QED) is 0.175. The maximum absolute atomic E-state index is 6.38. The van der Waals surface area contributed by atoms with Gasteiger partial charge in [0, 0.05) is 36.9 Å². The van der Waals surface area contributed by atoms with Gasteiger partial charge in [0.05, 0.1) is 11.1 Å². The zero-order chi connectivity index (χ0) is 33.7. The molecule has 10 aromatic rings. The number of rotatable bonds is 6. The smallest absolute Gasteiger partial charge is 0.137 e. The molecule has 0 atom stereocenters. The van der Waals surface area contributed by atoms with E-state index in [1.54, 1.807) is 0 Å². The summed E-state index contributed by atoms with van der Waals surface area (Å²) in [4.78, 5) is 2.38. The highest BCUT2D eigenvalue weighted by molar-refractivity contribution is 7.25. The number of hydrogen-bond donors (Lipinski definition) is 0. The Morgan fingerprint density at radius 1 is 0.373 bits per heavy atom. The fourth-order valence-corrected chi connectivity index (χ4v) is 8.62. The normalized spacial score (nSPS) is 11.5. The molecule has 0 radical (unpaired) electrons. The molecule has 0 aliphatic heterocycles. The minimum atomic E-state index is 0.875. The molecule has 0 N–H and O–H groups in total. The van der Waals surface area contributed by atoms with Gasteiger partial charge in [-0.1, -0.05) is 133 Å². The Labute approximate surface area is 300 Å². The standard InChI is InChI=1S/C48H31NOS/c1-2-11-32(12-3-1)33-23-25-34(26-24-33)35-27-29-37(30-28-35)49(42-18-10-20-44-48(42)40-15-4-6-19-43(40)50-44)38-14-8-13-36(31-38)39-17-9-22-46-47(39)41-16-5-7-21-45(41)51-46/h1-31H. The summed E-state index contributed by atoms with van der Waals surface area (Å²) < 4.78 is 9.00. The summed E-state index contributed by atoms with van der Waals surface area (Å²) in [5.41, 5.74) is 12.2. The van der Waals surface area contributed by atoms with Crippen molar-refractivity contribution in [2.45, 2.75) is 0 Å². The Morgan fingerprint density at radius 3 is 1.76 bits per heavy atom. The highest BCUT2D eigenvalue weighted by Crippen LogP contribution is 2.45. The van der Waals surface area contributed by atoms with E-state index in [1.807, 2.05) is 23.5 Å². The predicted octanol–water partition coefficient (Wildman–Crippen LogP) is 14.4. The lowest BCUT2D eigenvalue weighted by atomic mass is 9.98. The maximum Gasteiger partial charge on any atom is 0.137 e. The minimum Gasteiger partial charge on any atom is -0.456 e. The van der Waals surface area contributed by atoms with Gasteiger partial charge in [-0.05, 0) is 88.0 Å². The van der Waals surface area contributed by atoms with Crippen molar-refractivity contribution >= 4 is 70.5 Å². The summed E-state index contributed by atoms with van der Waals surface area (Å²) in [5.74, 6) is 0. The van der Waals surface area contributed by atoms with Crippen LogP contribution in [0.5, 0.6) is 0 Å². The lowest BCUT2D eigenvalue weighted by Gasteiger charge is -2.27. The van der Waals surface area contributed by atoms with Gasteiger partial charge in [0.15, 0.2) is 0 Å². The minimum absolute atomic E-state index is 0.875. The molecular weight excluding hydrogens is 639 g/mol. The highest BCUT2D eigenvalue weighted by Gasteiger charge is 2.20. The van der Waals surface area contributed by atoms with Crippen LogP contribution in [0.25, 0.3) is 75.5 Å². The van der Waals surface area contributed by atoms with E-state index in [1.165, 1.54) is 53.6 Å². The number of hydrogen-bond acceptors (Lipinski definition) is 3. The van der Waals surface area contributed by atoms with E-state index >= 15 is 0 Å². The topological polar surface area (TPSA) is 16.4 Å². The van der Waals surface area contributed by atoms with Crippen molar-refractivity contribution in [1.82, 2.24) is 0 Å². The van der Waals surface area contributed by atoms with Crippen LogP contribution in [-0.4, -0.2) is 0 Å². The number of nitrogens with zero attached hydrogens (tertiary/aromatic N) is 1. The molecular formula is C48H31NOS. The fraction of sp³-hybridized carbons (Fsp3) is 0. The van der Waals surface area contributed by atoms with Crippen molar-refractivity contribution in [2.75, 3.05) is 4.90 Å². The van der Waals surface area contributed by atoms with E-state index in [2.05, 4.69) is 181 Å². The van der Waals surface area contributed by atoms with Gasteiger partial charge in [0.25, 0.3) is 0 Å². The SMILES string of the molecule is c1ccc(-c2ccc(-c3ccc(N(c4cccc(-c5cccc6sc7ccccc7c56)c4)c4cccc5oc6ccccc6c45)cc3)cc2)cc1. The second-order valence-corrected chi connectivity index (χ2v) is 14.0. The number of fused-ring (bicyclic) bond motifs is 6. The molecule has 0 amide bonds. The number of anilines is 3. The summed E-state index contributed by atoms with van der Waals surface area (Å²) >= 11 is 1.86. The number of thiophene rings is 1. The second-order valence-electron chi connectivity index (χ2n) is 12.9. The van der Waals surface area contributed by atoms with E-state index in [9.17, 15) is 0 Å². The van der Waals surface area contributed by atoms with Gasteiger partial charge in [-0.3, -0.25) is 0 Å². The van der Waals surface area contributed by atoms with Crippen LogP contribution in [0.3, 0.4) is 0 Å². The molecule has 0 unspecified atom stereocenters. The van der Waals surface area contributed by atoms with Crippen LogP contribution in [0.1, 0.15) is 0 Å². The van der Waals surface area contributed by atoms with Crippen LogP contribution in [0, 0.1) is 0 Å². The largest absolute Gasteiger partial charge is 0.456 e. The lowest BCUT2D eigenvalue weighted by Crippen LogP contribution is -2.10. The Morgan fingerprint density at radius 2 is 0.961 bits per heavy atom. The molecule has 0 saturated carbocycles. The van der Waals surface area contributed by atoms with E-state index < -0.39 is 0 Å². The zero-order valence-electron chi connectivity index (χ0n) is 27.7. The van der Waals surface area contributed by atoms with E-state index in [-0.39, 0.29) is 0 Å². The molecule has 10 rings (SSSR count). The van der Waals surface area contributed by atoms with E-state index in [0.717, 1.165) is 39.0 Å². The maximum atomic E-state index is 6.38. The highest BCUT2D eigenvalue weighted by atomic mass is 32.1. The first-order valence-corrected chi connectivity index (χ1v) is 18.1. The molecule has 0 bridgehead atoms. The van der Waals surface area contributed by atoms with Gasteiger partial charge in [0.2, 0.25) is 0 Å². The third-order valence-electron chi connectivity index (χ3n) is 9.89. The van der Waals surface area contributed by atoms with Crippen LogP contribution in [0.4, 0.5) is 17.1 Å². The van der Waals surface area contributed by atoms with Crippen molar-refractivity contribution in [3.8, 4) is 33.4 Å². The lowest BCUT2D eigenvalue weighted by molar-refractivity contribution is 0.669. The van der Waals surface area contributed by atoms with Gasteiger partial charge < -0.3 is 9.32 Å². The van der Waals surface area contributed by atoms with Gasteiger partial charge in [-0.2, -0.15) is 0 Å². The zero-order valence-corrected chi connectivity index (χ0v) is 28.5. The van der Waals surface area contributed by atoms with Crippen molar-refractivity contribution in [3.05, 3.63) is 188 Å². The van der Waals surface area contributed by atoms with Crippen LogP contribution in [0.15, 0.2) is 192 Å². The van der Waals surface area contributed by atoms with Gasteiger partial charge in [0.1, 0.15) is 11.2 Å². The number of furan rings is 1. The van der Waals surface area contributed by atoms with Crippen molar-refractivity contribution in [3.63, 3.8) is 0 Å². The molecule has 0 saturated heterocycles. The molecule has 2 nitrogen and oxygen atoms in total. The monoisotopic (exact) mass is 669 g/mol. The van der Waals surface area contributed by atoms with Crippen LogP contribution in [-0.2, 0) is 0 Å². The Hall–Kier alpha value is -6.42. The summed E-state index contributed by atoms with van der Waals surface area (Å²) in [5, 5.41) is 4.82. The van der Waals surface area contributed by atoms with Crippen molar-refractivity contribution in [1.29, 1.82) is 0 Å². The van der Waals surface area contributed by atoms with Gasteiger partial charge in [-0.15, -0.1) is 11.3 Å². The van der Waals surface area contributed by atoms with Gasteiger partial charge in [-0.25, -0.2) is 0 Å². The summed E-state index contributed by atoms with van der Waals surface area (Å²) in [7, 11) is 0. The molecule has 2 aromatic heterocycles. The molecule has 0 aliphatic carbocycles. The molecule has 3 heteroatoms. The van der Waals surface area contributed by atoms with Crippen molar-refractivity contribution < 1.29 is 4.42 Å². The Kier molecular flexibility index (Phi) is 7.04. The number of para-hydroxylation sites is 1. The van der Waals surface area contributed by atoms with Gasteiger partial charge >= 0.3 is 0 Å². The first-order valence-electron chi connectivity index (χ1n) is 17.3. The Balaban J connectivity index is 1.12. The molecule has 0 aliphatic rings. The average molecular weight is 670 g/mol. The van der Waals surface area contributed by atoms with Crippen molar-refractivity contribution in [2.24, 2.45) is 0 Å². The first kappa shape index (κ1) is 29.5. The number of benzene rings is 8.